The predicted octanol–water partition coefficient (Wildman–Crippen LogP) is 1.48. The lowest BCUT2D eigenvalue weighted by molar-refractivity contribution is -0.119. The monoisotopic (exact) mass is 388 g/mol. The van der Waals surface area contributed by atoms with Crippen LogP contribution in [0.4, 0.5) is 0 Å². The first-order valence-corrected chi connectivity index (χ1v) is 9.96. The van der Waals surface area contributed by atoms with Gasteiger partial charge in [0.1, 0.15) is 5.37 Å². The molecule has 27 heavy (non-hydrogen) atoms. The normalized spacial score (nSPS) is 18.0. The lowest BCUT2D eigenvalue weighted by Crippen LogP contribution is -2.47. The van der Waals surface area contributed by atoms with Crippen molar-refractivity contribution in [3.8, 4) is 11.1 Å². The van der Waals surface area contributed by atoms with Crippen LogP contribution in [0.5, 0.6) is 0 Å². The van der Waals surface area contributed by atoms with Gasteiger partial charge in [-0.25, -0.2) is 13.2 Å². The maximum absolute atomic E-state index is 13.0. The Bertz CT molecular complexity index is 973. The molecular weight excluding hydrogens is 368 g/mol. The molecule has 7 nitrogen and oxygen atoms in total. The fraction of sp³-hybridized carbons (Fsp3) is 0.263. The molecule has 3 rings (SSSR count). The number of carbonyl (C=O) groups is 2. The minimum absolute atomic E-state index is 0.0114. The molecule has 3 N–H and O–H groups in total. The molecule has 0 spiro atoms. The van der Waals surface area contributed by atoms with Crippen molar-refractivity contribution in [2.75, 3.05) is 7.11 Å². The molecule has 2 unspecified atom stereocenters. The average molecular weight is 388 g/mol. The van der Waals surface area contributed by atoms with Crippen LogP contribution in [0.2, 0.25) is 0 Å². The number of methoxy groups -OCH3 is 1. The third kappa shape index (κ3) is 3.72. The SMILES string of the molecule is COC(=O)c1ccc(S(=O)(=O)C(N)C2CCC(=O)N2)cc1-c1ccccc1. The van der Waals surface area contributed by atoms with Crippen LogP contribution in [-0.4, -0.2) is 38.8 Å². The number of sulfone groups is 1. The second-order valence-electron chi connectivity index (χ2n) is 6.29. The number of esters is 1. The van der Waals surface area contributed by atoms with Crippen LogP contribution >= 0.6 is 0 Å². The Morgan fingerprint density at radius 3 is 2.52 bits per heavy atom. The van der Waals surface area contributed by atoms with Crippen LogP contribution in [0, 0.1) is 0 Å². The number of nitrogens with one attached hydrogen (secondary N) is 1. The van der Waals surface area contributed by atoms with Crippen molar-refractivity contribution in [1.29, 1.82) is 0 Å². The number of hydrogen-bond acceptors (Lipinski definition) is 6. The number of rotatable bonds is 5. The van der Waals surface area contributed by atoms with E-state index in [-0.39, 0.29) is 22.8 Å². The van der Waals surface area contributed by atoms with Gasteiger partial charge in [0.15, 0.2) is 9.84 Å². The summed E-state index contributed by atoms with van der Waals surface area (Å²) in [4.78, 5) is 23.5. The summed E-state index contributed by atoms with van der Waals surface area (Å²) in [6.45, 7) is 0. The smallest absolute Gasteiger partial charge is 0.338 e. The molecule has 8 heteroatoms. The molecule has 1 heterocycles. The van der Waals surface area contributed by atoms with E-state index in [4.69, 9.17) is 10.5 Å². The Labute approximate surface area is 157 Å². The molecular formula is C19H20N2O5S. The van der Waals surface area contributed by atoms with Crippen molar-refractivity contribution in [3.63, 3.8) is 0 Å². The van der Waals surface area contributed by atoms with E-state index in [0.717, 1.165) is 0 Å². The van der Waals surface area contributed by atoms with Crippen molar-refractivity contribution >= 4 is 21.7 Å². The fourth-order valence-electron chi connectivity index (χ4n) is 3.10. The van der Waals surface area contributed by atoms with E-state index in [1.807, 2.05) is 6.07 Å². The topological polar surface area (TPSA) is 116 Å². The van der Waals surface area contributed by atoms with E-state index in [9.17, 15) is 18.0 Å². The van der Waals surface area contributed by atoms with Crippen LogP contribution in [-0.2, 0) is 19.4 Å². The van der Waals surface area contributed by atoms with Crippen molar-refractivity contribution in [2.45, 2.75) is 29.2 Å². The summed E-state index contributed by atoms with van der Waals surface area (Å²) in [6.07, 6.45) is 0.620. The van der Waals surface area contributed by atoms with E-state index < -0.39 is 27.2 Å². The molecule has 1 aliphatic rings. The van der Waals surface area contributed by atoms with Gasteiger partial charge in [-0.2, -0.15) is 0 Å². The number of hydrogen-bond donors (Lipinski definition) is 2. The Morgan fingerprint density at radius 1 is 1.22 bits per heavy atom. The van der Waals surface area contributed by atoms with Gasteiger partial charge in [0.05, 0.1) is 23.6 Å². The van der Waals surface area contributed by atoms with Crippen LogP contribution in [0.1, 0.15) is 23.2 Å². The zero-order valence-electron chi connectivity index (χ0n) is 14.7. The molecule has 1 fully saturated rings. The van der Waals surface area contributed by atoms with Crippen LogP contribution in [0.3, 0.4) is 0 Å². The van der Waals surface area contributed by atoms with E-state index in [0.29, 0.717) is 17.5 Å². The van der Waals surface area contributed by atoms with Gasteiger partial charge in [-0.1, -0.05) is 30.3 Å². The lowest BCUT2D eigenvalue weighted by Gasteiger charge is -2.20. The molecule has 0 bridgehead atoms. The number of nitrogens with two attached hydrogens (primary N) is 1. The quantitative estimate of drug-likeness (QED) is 0.750. The zero-order valence-corrected chi connectivity index (χ0v) is 15.5. The van der Waals surface area contributed by atoms with Crippen molar-refractivity contribution in [1.82, 2.24) is 5.32 Å². The first-order valence-electron chi connectivity index (χ1n) is 8.41. The molecule has 142 valence electrons. The molecule has 0 aromatic heterocycles. The van der Waals surface area contributed by atoms with Gasteiger partial charge in [0.25, 0.3) is 0 Å². The van der Waals surface area contributed by atoms with E-state index in [2.05, 4.69) is 5.32 Å². The van der Waals surface area contributed by atoms with Gasteiger partial charge in [0, 0.05) is 6.42 Å². The standard InChI is InChI=1S/C19H20N2O5S/c1-26-19(23)14-8-7-13(11-15(14)12-5-3-2-4-6-12)27(24,25)18(20)16-9-10-17(22)21-16/h2-8,11,16,18H,9-10,20H2,1H3,(H,21,22). The number of carbonyl (C=O) groups excluding carboxylic acids is 2. The Balaban J connectivity index is 2.06. The third-order valence-corrected chi connectivity index (χ3v) is 6.55. The average Bonchev–Trinajstić information content (AvgIpc) is 3.13. The van der Waals surface area contributed by atoms with Crippen molar-refractivity contribution in [2.24, 2.45) is 5.73 Å². The number of benzene rings is 2. The summed E-state index contributed by atoms with van der Waals surface area (Å²) in [7, 11) is -2.65. The Morgan fingerprint density at radius 2 is 1.93 bits per heavy atom. The molecule has 1 aliphatic heterocycles. The Hall–Kier alpha value is -2.71. The maximum Gasteiger partial charge on any atom is 0.338 e. The van der Waals surface area contributed by atoms with Crippen LogP contribution in [0.15, 0.2) is 53.4 Å². The maximum atomic E-state index is 13.0. The largest absolute Gasteiger partial charge is 0.465 e. The number of amides is 1. The molecule has 2 aromatic rings. The summed E-state index contributed by atoms with van der Waals surface area (Å²) in [5, 5.41) is 1.33. The van der Waals surface area contributed by atoms with Crippen LogP contribution < -0.4 is 11.1 Å². The lowest BCUT2D eigenvalue weighted by atomic mass is 10.00. The van der Waals surface area contributed by atoms with Crippen molar-refractivity contribution < 1.29 is 22.7 Å². The highest BCUT2D eigenvalue weighted by molar-refractivity contribution is 7.92. The Kier molecular flexibility index (Phi) is 5.29. The highest BCUT2D eigenvalue weighted by Crippen LogP contribution is 2.29. The van der Waals surface area contributed by atoms with Gasteiger partial charge in [-0.3, -0.25) is 4.79 Å². The van der Waals surface area contributed by atoms with E-state index in [1.165, 1.54) is 25.3 Å². The van der Waals surface area contributed by atoms with Crippen molar-refractivity contribution in [3.05, 3.63) is 54.1 Å². The first kappa shape index (κ1) is 19.1. The third-order valence-electron chi connectivity index (χ3n) is 4.59. The van der Waals surface area contributed by atoms with E-state index in [1.54, 1.807) is 24.3 Å². The molecule has 1 amide bonds. The summed E-state index contributed by atoms with van der Waals surface area (Å²) in [5.41, 5.74) is 7.34. The highest BCUT2D eigenvalue weighted by atomic mass is 32.2. The fourth-order valence-corrected chi connectivity index (χ4v) is 4.59. The molecule has 0 radical (unpaired) electrons. The predicted molar refractivity (Wildman–Crippen MR) is 99.5 cm³/mol. The molecule has 0 aliphatic carbocycles. The molecule has 2 atom stereocenters. The van der Waals surface area contributed by atoms with Gasteiger partial charge in [-0.15, -0.1) is 0 Å². The van der Waals surface area contributed by atoms with Gasteiger partial charge >= 0.3 is 5.97 Å². The summed E-state index contributed by atoms with van der Waals surface area (Å²) in [6, 6.07) is 12.5. The second-order valence-corrected chi connectivity index (χ2v) is 8.39. The minimum Gasteiger partial charge on any atom is -0.465 e. The summed E-state index contributed by atoms with van der Waals surface area (Å²) >= 11 is 0. The molecule has 2 aromatic carbocycles. The zero-order chi connectivity index (χ0) is 19.6. The van der Waals surface area contributed by atoms with Gasteiger partial charge in [0.2, 0.25) is 5.91 Å². The minimum atomic E-state index is -3.91. The van der Waals surface area contributed by atoms with Gasteiger partial charge < -0.3 is 15.8 Å². The second kappa shape index (κ2) is 7.50. The molecule has 1 saturated heterocycles. The highest BCUT2D eigenvalue weighted by Gasteiger charge is 2.36. The summed E-state index contributed by atoms with van der Waals surface area (Å²) in [5.74, 6) is -0.776. The first-order chi connectivity index (χ1) is 12.8. The molecule has 0 saturated carbocycles. The van der Waals surface area contributed by atoms with Crippen LogP contribution in [0.25, 0.3) is 11.1 Å². The van der Waals surface area contributed by atoms with Gasteiger partial charge in [-0.05, 0) is 35.7 Å². The number of ether oxygens (including phenoxy) is 1. The van der Waals surface area contributed by atoms with E-state index >= 15 is 0 Å². The summed E-state index contributed by atoms with van der Waals surface area (Å²) < 4.78 is 30.7.